The van der Waals surface area contributed by atoms with E-state index in [1.54, 1.807) is 11.0 Å². The van der Waals surface area contributed by atoms with E-state index in [2.05, 4.69) is 16.0 Å². The molecule has 2 aliphatic heterocycles. The van der Waals surface area contributed by atoms with Crippen molar-refractivity contribution in [3.8, 4) is 0 Å². The number of hydrogen-bond acceptors (Lipinski definition) is 7. The first-order valence-corrected chi connectivity index (χ1v) is 16.0. The highest BCUT2D eigenvalue weighted by atomic mass is 19.2. The van der Waals surface area contributed by atoms with E-state index < -0.39 is 35.7 Å². The normalized spacial score (nSPS) is 16.7. The molecule has 0 saturated carbocycles. The van der Waals surface area contributed by atoms with Crippen LogP contribution in [-0.4, -0.2) is 73.2 Å². The largest absolute Gasteiger partial charge is 0.466 e. The molecule has 2 aromatic rings. The molecule has 0 aliphatic carbocycles. The van der Waals surface area contributed by atoms with Crippen LogP contribution >= 0.6 is 0 Å². The first kappa shape index (κ1) is 35.8. The Bertz CT molecular complexity index is 1560. The van der Waals surface area contributed by atoms with E-state index in [1.165, 1.54) is 13.0 Å². The van der Waals surface area contributed by atoms with Crippen LogP contribution in [-0.2, 0) is 19.1 Å². The van der Waals surface area contributed by atoms with Gasteiger partial charge >= 0.3 is 24.1 Å². The second kappa shape index (κ2) is 16.7. The molecule has 12 nitrogen and oxygen atoms in total. The van der Waals surface area contributed by atoms with Crippen molar-refractivity contribution in [1.82, 2.24) is 20.4 Å². The SMILES string of the molecule is CCCCOC(=O)N1CCC(c2cccc(NC(=O)CCCNC(=O)N3C(=O)NC(C)=C(C(=O)OC)C3c3ccc(F)c(F)c3)c2)CC1. The molecule has 2 aromatic carbocycles. The molecule has 48 heavy (non-hydrogen) atoms. The number of unbranched alkanes of at least 4 members (excludes halogenated alkanes) is 1. The van der Waals surface area contributed by atoms with Crippen LogP contribution in [0.3, 0.4) is 0 Å². The quantitative estimate of drug-likeness (QED) is 0.205. The first-order chi connectivity index (χ1) is 23.0. The highest BCUT2D eigenvalue weighted by Gasteiger charge is 2.42. The molecule has 0 radical (unpaired) electrons. The van der Waals surface area contributed by atoms with Crippen LogP contribution < -0.4 is 16.0 Å². The zero-order chi connectivity index (χ0) is 34.8. The van der Waals surface area contributed by atoms with E-state index in [0.29, 0.717) is 30.3 Å². The number of benzene rings is 2. The average Bonchev–Trinajstić information content (AvgIpc) is 3.07. The molecular formula is C34H41F2N5O7. The fourth-order valence-electron chi connectivity index (χ4n) is 5.74. The number of amides is 6. The van der Waals surface area contributed by atoms with Gasteiger partial charge in [0, 0.05) is 37.4 Å². The molecule has 6 amide bonds. The fourth-order valence-corrected chi connectivity index (χ4v) is 5.74. The number of urea groups is 2. The Morgan fingerprint density at radius 1 is 1.00 bits per heavy atom. The Morgan fingerprint density at radius 3 is 2.44 bits per heavy atom. The summed E-state index contributed by atoms with van der Waals surface area (Å²) < 4.78 is 38.0. The molecule has 2 aliphatic rings. The van der Waals surface area contributed by atoms with Gasteiger partial charge in [-0.05, 0) is 73.9 Å². The number of rotatable bonds is 11. The average molecular weight is 670 g/mol. The highest BCUT2D eigenvalue weighted by Crippen LogP contribution is 2.35. The number of carbonyl (C=O) groups is 5. The number of ether oxygens (including phenoxy) is 2. The Balaban J connectivity index is 1.30. The summed E-state index contributed by atoms with van der Waals surface area (Å²) >= 11 is 0. The Morgan fingerprint density at radius 2 is 1.75 bits per heavy atom. The van der Waals surface area contributed by atoms with Gasteiger partial charge in [0.1, 0.15) is 6.04 Å². The summed E-state index contributed by atoms with van der Waals surface area (Å²) in [6, 6.07) is 7.18. The number of nitrogens with zero attached hydrogens (tertiary/aromatic N) is 2. The summed E-state index contributed by atoms with van der Waals surface area (Å²) in [5, 5.41) is 7.87. The monoisotopic (exact) mass is 669 g/mol. The minimum atomic E-state index is -1.40. The first-order valence-electron chi connectivity index (χ1n) is 16.0. The van der Waals surface area contributed by atoms with Crippen LogP contribution in [0.5, 0.6) is 0 Å². The summed E-state index contributed by atoms with van der Waals surface area (Å²) in [5.41, 5.74) is 1.63. The molecule has 0 bridgehead atoms. The number of allylic oxidation sites excluding steroid dienone is 1. The molecule has 258 valence electrons. The Labute approximate surface area is 277 Å². The highest BCUT2D eigenvalue weighted by molar-refractivity contribution is 6.01. The van der Waals surface area contributed by atoms with Crippen molar-refractivity contribution in [2.75, 3.05) is 38.7 Å². The lowest BCUT2D eigenvalue weighted by molar-refractivity contribution is -0.136. The predicted octanol–water partition coefficient (Wildman–Crippen LogP) is 5.72. The number of imide groups is 1. The van der Waals surface area contributed by atoms with Crippen molar-refractivity contribution in [3.63, 3.8) is 0 Å². The van der Waals surface area contributed by atoms with Crippen molar-refractivity contribution in [1.29, 1.82) is 0 Å². The van der Waals surface area contributed by atoms with Gasteiger partial charge in [-0.2, -0.15) is 0 Å². The maximum absolute atomic E-state index is 14.2. The Hall–Kier alpha value is -5.01. The number of nitrogens with one attached hydrogen (secondary N) is 3. The zero-order valence-corrected chi connectivity index (χ0v) is 27.3. The van der Waals surface area contributed by atoms with Gasteiger partial charge in [0.15, 0.2) is 11.6 Å². The molecule has 2 heterocycles. The molecule has 0 spiro atoms. The van der Waals surface area contributed by atoms with E-state index in [9.17, 15) is 32.8 Å². The summed E-state index contributed by atoms with van der Waals surface area (Å²) in [4.78, 5) is 66.2. The third-order valence-electron chi connectivity index (χ3n) is 8.31. The number of esters is 1. The van der Waals surface area contributed by atoms with E-state index in [-0.39, 0.29) is 54.1 Å². The number of carbonyl (C=O) groups excluding carboxylic acids is 5. The third kappa shape index (κ3) is 8.87. The van der Waals surface area contributed by atoms with Crippen LogP contribution in [0, 0.1) is 11.6 Å². The molecule has 1 fully saturated rings. The fraction of sp³-hybridized carbons (Fsp3) is 0.441. The van der Waals surface area contributed by atoms with E-state index >= 15 is 0 Å². The summed E-state index contributed by atoms with van der Waals surface area (Å²) in [6.07, 6.45) is 3.35. The minimum absolute atomic E-state index is 0.00369. The van der Waals surface area contributed by atoms with Gasteiger partial charge in [0.05, 0.1) is 19.3 Å². The van der Waals surface area contributed by atoms with Gasteiger partial charge in [-0.3, -0.25) is 4.79 Å². The van der Waals surface area contributed by atoms with Gasteiger partial charge in [0.25, 0.3) is 0 Å². The van der Waals surface area contributed by atoms with Crippen molar-refractivity contribution < 1.29 is 42.2 Å². The van der Waals surface area contributed by atoms with Crippen LogP contribution in [0.25, 0.3) is 0 Å². The number of methoxy groups -OCH3 is 1. The number of anilines is 1. The lowest BCUT2D eigenvalue weighted by atomic mass is 9.89. The van der Waals surface area contributed by atoms with Gasteiger partial charge in [0.2, 0.25) is 5.91 Å². The number of piperidine rings is 1. The molecular weight excluding hydrogens is 628 g/mol. The summed E-state index contributed by atoms with van der Waals surface area (Å²) in [6.45, 7) is 5.08. The van der Waals surface area contributed by atoms with Gasteiger partial charge < -0.3 is 30.3 Å². The lowest BCUT2D eigenvalue weighted by Gasteiger charge is -2.36. The number of likely N-dealkylation sites (tertiary alicyclic amines) is 1. The van der Waals surface area contributed by atoms with E-state index in [4.69, 9.17) is 9.47 Å². The van der Waals surface area contributed by atoms with Gasteiger partial charge in [-0.25, -0.2) is 32.9 Å². The number of halogens is 2. The van der Waals surface area contributed by atoms with Crippen molar-refractivity contribution in [2.45, 2.75) is 64.3 Å². The van der Waals surface area contributed by atoms with Crippen LogP contribution in [0.4, 0.5) is 28.9 Å². The molecule has 4 rings (SSSR count). The molecule has 1 saturated heterocycles. The van der Waals surface area contributed by atoms with E-state index in [1.807, 2.05) is 25.1 Å². The zero-order valence-electron chi connectivity index (χ0n) is 27.3. The molecule has 0 aromatic heterocycles. The smallest absolute Gasteiger partial charge is 0.409 e. The van der Waals surface area contributed by atoms with Crippen LogP contribution in [0.1, 0.15) is 75.5 Å². The predicted molar refractivity (Wildman–Crippen MR) is 172 cm³/mol. The Kier molecular flexibility index (Phi) is 12.5. The van der Waals surface area contributed by atoms with Crippen molar-refractivity contribution >= 4 is 35.7 Å². The maximum Gasteiger partial charge on any atom is 0.409 e. The van der Waals surface area contributed by atoms with Crippen LogP contribution in [0.15, 0.2) is 53.7 Å². The van der Waals surface area contributed by atoms with Crippen molar-refractivity contribution in [3.05, 3.63) is 76.5 Å². The van der Waals surface area contributed by atoms with E-state index in [0.717, 1.165) is 50.5 Å². The lowest BCUT2D eigenvalue weighted by Crippen LogP contribution is -2.54. The topological polar surface area (TPSA) is 146 Å². The standard InChI is InChI=1S/C34H41F2N5O7/c1-4-5-18-48-34(46)40-16-13-22(14-17-40)23-8-6-9-25(19-23)39-28(42)10-7-15-37-32(44)41-30(24-11-12-26(35)27(36)20-24)29(31(43)47-3)21(2)38-33(41)45/h6,8-9,11-12,19-20,22,30H,4-5,7,10,13-18H2,1-3H3,(H,37,44)(H,38,45)(H,39,42). The molecule has 1 unspecified atom stereocenters. The molecule has 14 heteroatoms. The van der Waals surface area contributed by atoms with Crippen LogP contribution in [0.2, 0.25) is 0 Å². The van der Waals surface area contributed by atoms with Gasteiger partial charge in [-0.1, -0.05) is 31.5 Å². The summed E-state index contributed by atoms with van der Waals surface area (Å²) in [7, 11) is 1.12. The summed E-state index contributed by atoms with van der Waals surface area (Å²) in [5.74, 6) is -3.27. The third-order valence-corrected chi connectivity index (χ3v) is 8.31. The van der Waals surface area contributed by atoms with Gasteiger partial charge in [-0.15, -0.1) is 0 Å². The second-order valence-electron chi connectivity index (χ2n) is 11.6. The maximum atomic E-state index is 14.2. The number of hydrogen-bond donors (Lipinski definition) is 3. The second-order valence-corrected chi connectivity index (χ2v) is 11.6. The van der Waals surface area contributed by atoms with Crippen molar-refractivity contribution in [2.24, 2.45) is 0 Å². The molecule has 1 atom stereocenters. The minimum Gasteiger partial charge on any atom is -0.466 e. The molecule has 3 N–H and O–H groups in total.